The van der Waals surface area contributed by atoms with Crippen LogP contribution in [0.15, 0.2) is 0 Å². The summed E-state index contributed by atoms with van der Waals surface area (Å²) in [6.07, 6.45) is 0.902. The second-order valence-corrected chi connectivity index (χ2v) is 2.92. The maximum Gasteiger partial charge on any atom is 0.302 e. The van der Waals surface area contributed by atoms with Crippen molar-refractivity contribution in [1.29, 1.82) is 0 Å². The second kappa shape index (κ2) is 13.9. The highest BCUT2D eigenvalue weighted by Crippen LogP contribution is 1.83. The molecule has 13 heavy (non-hydrogen) atoms. The van der Waals surface area contributed by atoms with Crippen molar-refractivity contribution < 1.29 is 20.1 Å². The summed E-state index contributed by atoms with van der Waals surface area (Å²) in [6.45, 7) is 8.17. The molecule has 3 N–H and O–H groups in total. The quantitative estimate of drug-likeness (QED) is 0.674. The van der Waals surface area contributed by atoms with Gasteiger partial charge in [-0.05, 0) is 12.3 Å². The Balaban J connectivity index is -0.000000150. The summed E-state index contributed by atoms with van der Waals surface area (Å²) < 4.78 is 4.55. The van der Waals surface area contributed by atoms with Crippen molar-refractivity contribution in [3.05, 3.63) is 0 Å². The van der Waals surface area contributed by atoms with Crippen LogP contribution in [-0.4, -0.2) is 29.8 Å². The van der Waals surface area contributed by atoms with Gasteiger partial charge in [0.25, 0.3) is 0 Å². The van der Waals surface area contributed by atoms with Gasteiger partial charge in [0.2, 0.25) is 0 Å². The predicted octanol–water partition coefficient (Wildman–Crippen LogP) is 0.769. The Morgan fingerprint density at radius 2 is 1.85 bits per heavy atom. The van der Waals surface area contributed by atoms with Crippen molar-refractivity contribution in [2.75, 3.05) is 13.2 Å². The van der Waals surface area contributed by atoms with E-state index in [0.29, 0.717) is 19.1 Å². The van der Waals surface area contributed by atoms with Crippen molar-refractivity contribution in [2.45, 2.75) is 34.1 Å². The van der Waals surface area contributed by atoms with Crippen LogP contribution < -0.4 is 0 Å². The van der Waals surface area contributed by atoms with Crippen LogP contribution in [0.2, 0.25) is 0 Å². The van der Waals surface area contributed by atoms with E-state index in [1.165, 1.54) is 6.92 Å². The molecule has 0 amide bonds. The fraction of sp³-hybridized carbons (Fsp3) is 0.889. The van der Waals surface area contributed by atoms with Crippen LogP contribution in [0.5, 0.6) is 0 Å². The lowest BCUT2D eigenvalue weighted by Crippen LogP contribution is -1.98. The summed E-state index contributed by atoms with van der Waals surface area (Å²) in [5, 5.41) is 8.14. The Labute approximate surface area is 80.2 Å². The topological polar surface area (TPSA) is 78.0 Å². The number of aliphatic hydroxyl groups is 1. The lowest BCUT2D eigenvalue weighted by molar-refractivity contribution is -0.140. The first kappa shape index (κ1) is 18.2. The number of carbonyl (C=O) groups is 1. The molecule has 0 aliphatic carbocycles. The van der Waals surface area contributed by atoms with Crippen LogP contribution in [0.4, 0.5) is 0 Å². The van der Waals surface area contributed by atoms with Crippen molar-refractivity contribution in [3.63, 3.8) is 0 Å². The van der Waals surface area contributed by atoms with Crippen molar-refractivity contribution in [3.8, 4) is 0 Å². The minimum Gasteiger partial charge on any atom is -0.466 e. The van der Waals surface area contributed by atoms with Gasteiger partial charge in [0.15, 0.2) is 0 Å². The first-order chi connectivity index (χ1) is 5.54. The first-order valence-electron chi connectivity index (χ1n) is 4.28. The predicted molar refractivity (Wildman–Crippen MR) is 52.5 cm³/mol. The third-order valence-corrected chi connectivity index (χ3v) is 0.875. The Morgan fingerprint density at radius 3 is 1.92 bits per heavy atom. The van der Waals surface area contributed by atoms with E-state index in [1.807, 2.05) is 20.8 Å². The molecule has 0 radical (unpaired) electrons. The van der Waals surface area contributed by atoms with Gasteiger partial charge in [0.1, 0.15) is 0 Å². The lowest BCUT2D eigenvalue weighted by atomic mass is 10.2. The van der Waals surface area contributed by atoms with Gasteiger partial charge in [-0.15, -0.1) is 0 Å². The number of carbonyl (C=O) groups excluding carboxylic acids is 1. The normalized spacial score (nSPS) is 8.15. The monoisotopic (exact) mass is 194 g/mol. The zero-order chi connectivity index (χ0) is 9.98. The summed E-state index contributed by atoms with van der Waals surface area (Å²) in [5.41, 5.74) is 0. The Kier molecular flexibility index (Phi) is 19.6. The number of hydrogen-bond donors (Lipinski definition) is 1. The number of ether oxygens (including phenoxy) is 1. The van der Waals surface area contributed by atoms with E-state index in [-0.39, 0.29) is 11.4 Å². The first-order valence-corrected chi connectivity index (χ1v) is 4.28. The molecule has 0 aliphatic rings. The largest absolute Gasteiger partial charge is 0.466 e. The fourth-order valence-corrected chi connectivity index (χ4v) is 0.246. The molecular formula is C9H22O4. The van der Waals surface area contributed by atoms with Gasteiger partial charge >= 0.3 is 5.97 Å². The average molecular weight is 194 g/mol. The summed E-state index contributed by atoms with van der Waals surface area (Å²) in [4.78, 5) is 9.98. The molecule has 0 heterocycles. The Morgan fingerprint density at radius 1 is 1.46 bits per heavy atom. The van der Waals surface area contributed by atoms with Gasteiger partial charge in [-0.3, -0.25) is 4.79 Å². The summed E-state index contributed by atoms with van der Waals surface area (Å²) >= 11 is 0. The molecule has 0 aliphatic heterocycles. The molecule has 0 saturated carbocycles. The van der Waals surface area contributed by atoms with Gasteiger partial charge in [0, 0.05) is 13.5 Å². The minimum absolute atomic E-state index is 0. The highest BCUT2D eigenvalue weighted by atomic mass is 16.5. The number of rotatable bonds is 3. The zero-order valence-corrected chi connectivity index (χ0v) is 8.96. The molecule has 0 aromatic rings. The lowest BCUT2D eigenvalue weighted by Gasteiger charge is -1.93. The molecule has 0 rings (SSSR count). The van der Waals surface area contributed by atoms with Crippen LogP contribution in [0.1, 0.15) is 34.1 Å². The third-order valence-electron chi connectivity index (χ3n) is 0.875. The molecular weight excluding hydrogens is 172 g/mol. The van der Waals surface area contributed by atoms with E-state index in [0.717, 1.165) is 6.42 Å². The van der Waals surface area contributed by atoms with E-state index in [4.69, 9.17) is 5.11 Å². The van der Waals surface area contributed by atoms with Crippen LogP contribution in [0.25, 0.3) is 0 Å². The van der Waals surface area contributed by atoms with Gasteiger partial charge < -0.3 is 15.3 Å². The van der Waals surface area contributed by atoms with Crippen molar-refractivity contribution in [1.82, 2.24) is 0 Å². The van der Waals surface area contributed by atoms with Crippen LogP contribution >= 0.6 is 0 Å². The maximum atomic E-state index is 9.98. The molecule has 0 aromatic carbocycles. The molecule has 82 valence electrons. The molecule has 4 heteroatoms. The molecule has 0 unspecified atom stereocenters. The molecule has 0 spiro atoms. The number of esters is 1. The van der Waals surface area contributed by atoms with Gasteiger partial charge in [-0.2, -0.15) is 0 Å². The smallest absolute Gasteiger partial charge is 0.302 e. The molecule has 0 bridgehead atoms. The maximum absolute atomic E-state index is 9.98. The van der Waals surface area contributed by atoms with E-state index < -0.39 is 0 Å². The van der Waals surface area contributed by atoms with Crippen molar-refractivity contribution >= 4 is 5.97 Å². The third kappa shape index (κ3) is 34.6. The van der Waals surface area contributed by atoms with E-state index in [1.54, 1.807) is 0 Å². The molecule has 0 atom stereocenters. The van der Waals surface area contributed by atoms with Gasteiger partial charge in [-0.1, -0.05) is 20.8 Å². The SMILES string of the molecule is CC(C)CO.CCCOC(C)=O.O. The fourth-order valence-electron chi connectivity index (χ4n) is 0.246. The van der Waals surface area contributed by atoms with E-state index in [9.17, 15) is 4.79 Å². The molecule has 4 nitrogen and oxygen atoms in total. The summed E-state index contributed by atoms with van der Waals surface area (Å²) in [5.74, 6) is 0.247. The average Bonchev–Trinajstić information content (AvgIpc) is 2.02. The van der Waals surface area contributed by atoms with Crippen molar-refractivity contribution in [2.24, 2.45) is 5.92 Å². The number of aliphatic hydroxyl groups excluding tert-OH is 1. The Bertz CT molecular complexity index is 102. The van der Waals surface area contributed by atoms with Gasteiger partial charge in [0.05, 0.1) is 6.61 Å². The van der Waals surface area contributed by atoms with Crippen LogP contribution in [-0.2, 0) is 9.53 Å². The number of hydrogen-bond acceptors (Lipinski definition) is 3. The van der Waals surface area contributed by atoms with Crippen LogP contribution in [0.3, 0.4) is 0 Å². The van der Waals surface area contributed by atoms with E-state index in [2.05, 4.69) is 4.74 Å². The summed E-state index contributed by atoms with van der Waals surface area (Å²) in [7, 11) is 0. The van der Waals surface area contributed by atoms with Gasteiger partial charge in [-0.25, -0.2) is 0 Å². The summed E-state index contributed by atoms with van der Waals surface area (Å²) in [6, 6.07) is 0. The Hall–Kier alpha value is -0.610. The highest BCUT2D eigenvalue weighted by molar-refractivity contribution is 5.65. The standard InChI is InChI=1S/C5H10O2.C4H10O.H2O/c1-3-4-7-5(2)6;1-4(2)3-5;/h3-4H2,1-2H3;4-5H,3H2,1-2H3;1H2. The molecule has 0 saturated heterocycles. The molecule has 0 aromatic heterocycles. The van der Waals surface area contributed by atoms with Crippen LogP contribution in [0, 0.1) is 5.92 Å². The minimum atomic E-state index is -0.193. The molecule has 0 fully saturated rings. The zero-order valence-electron chi connectivity index (χ0n) is 8.96. The highest BCUT2D eigenvalue weighted by Gasteiger charge is 1.85. The second-order valence-electron chi connectivity index (χ2n) is 2.92. The van der Waals surface area contributed by atoms with E-state index >= 15 is 0 Å².